The number of nitrogens with zero attached hydrogens (tertiary/aromatic N) is 1. The maximum Gasteiger partial charge on any atom is 0.417 e. The first-order chi connectivity index (χ1) is 7.82. The van der Waals surface area contributed by atoms with E-state index in [9.17, 15) is 23.1 Å². The van der Waals surface area contributed by atoms with Gasteiger partial charge in [0, 0.05) is 0 Å². The van der Waals surface area contributed by atoms with Crippen LogP contribution in [0.2, 0.25) is 0 Å². The molecule has 0 aromatic heterocycles. The number of phenolic OH excluding ortho intramolecular Hbond substituents is 1. The van der Waals surface area contributed by atoms with Gasteiger partial charge in [-0.2, -0.15) is 18.4 Å². The van der Waals surface area contributed by atoms with Crippen molar-refractivity contribution in [3.05, 3.63) is 28.8 Å². The normalized spacial score (nSPS) is 11.0. The first kappa shape index (κ1) is 13.3. The molecule has 0 aliphatic carbocycles. The molecular formula is C10H5ClF3NO2. The van der Waals surface area contributed by atoms with Crippen LogP contribution < -0.4 is 0 Å². The molecule has 17 heavy (non-hydrogen) atoms. The minimum absolute atomic E-state index is 0.541. The summed E-state index contributed by atoms with van der Waals surface area (Å²) in [5.74, 6) is -2.25. The van der Waals surface area contributed by atoms with Gasteiger partial charge in [-0.25, -0.2) is 0 Å². The SMILES string of the molecule is N#Cc1c(C(F)(F)F)ccc(O)c1C(=O)CCl. The van der Waals surface area contributed by atoms with Gasteiger partial charge in [0.15, 0.2) is 5.78 Å². The van der Waals surface area contributed by atoms with Crippen molar-refractivity contribution in [2.75, 3.05) is 5.88 Å². The molecule has 0 aliphatic rings. The molecule has 90 valence electrons. The summed E-state index contributed by atoms with van der Waals surface area (Å²) in [7, 11) is 0. The van der Waals surface area contributed by atoms with Crippen LogP contribution >= 0.6 is 11.6 Å². The number of benzene rings is 1. The van der Waals surface area contributed by atoms with Crippen molar-refractivity contribution in [1.82, 2.24) is 0 Å². The molecule has 0 spiro atoms. The van der Waals surface area contributed by atoms with E-state index < -0.39 is 40.3 Å². The summed E-state index contributed by atoms with van der Waals surface area (Å²) < 4.78 is 37.6. The maximum absolute atomic E-state index is 12.5. The Hall–Kier alpha value is -1.74. The van der Waals surface area contributed by atoms with Crippen LogP contribution in [0, 0.1) is 11.3 Å². The lowest BCUT2D eigenvalue weighted by atomic mass is 9.98. The van der Waals surface area contributed by atoms with E-state index in [-0.39, 0.29) is 0 Å². The van der Waals surface area contributed by atoms with Gasteiger partial charge in [-0.3, -0.25) is 4.79 Å². The van der Waals surface area contributed by atoms with Crippen LogP contribution in [-0.2, 0) is 6.18 Å². The highest BCUT2D eigenvalue weighted by Gasteiger charge is 2.36. The summed E-state index contributed by atoms with van der Waals surface area (Å²) in [6, 6.07) is 2.52. The minimum Gasteiger partial charge on any atom is -0.507 e. The third-order valence-corrected chi connectivity index (χ3v) is 2.24. The fourth-order valence-corrected chi connectivity index (χ4v) is 1.43. The molecule has 0 fully saturated rings. The number of hydrogen-bond acceptors (Lipinski definition) is 3. The van der Waals surface area contributed by atoms with Crippen molar-refractivity contribution in [3.63, 3.8) is 0 Å². The van der Waals surface area contributed by atoms with E-state index in [0.717, 1.165) is 0 Å². The fourth-order valence-electron chi connectivity index (χ4n) is 1.29. The van der Waals surface area contributed by atoms with Gasteiger partial charge in [-0.1, -0.05) is 0 Å². The third kappa shape index (κ3) is 2.50. The second kappa shape index (κ2) is 4.63. The molecule has 0 atom stereocenters. The van der Waals surface area contributed by atoms with Crippen molar-refractivity contribution < 1.29 is 23.1 Å². The number of alkyl halides is 4. The first-order valence-electron chi connectivity index (χ1n) is 4.25. The number of carbonyl (C=O) groups excluding carboxylic acids is 1. The van der Waals surface area contributed by atoms with Crippen LogP contribution in [-0.4, -0.2) is 16.8 Å². The molecule has 0 saturated heterocycles. The summed E-state index contributed by atoms with van der Waals surface area (Å²) in [6.07, 6.45) is -4.78. The van der Waals surface area contributed by atoms with Crippen LogP contribution in [0.15, 0.2) is 12.1 Å². The van der Waals surface area contributed by atoms with Crippen LogP contribution in [0.5, 0.6) is 5.75 Å². The fraction of sp³-hybridized carbons (Fsp3) is 0.200. The molecule has 0 aliphatic heterocycles. The lowest BCUT2D eigenvalue weighted by Gasteiger charge is -2.12. The molecule has 1 aromatic rings. The number of phenols is 1. The Kier molecular flexibility index (Phi) is 3.63. The van der Waals surface area contributed by atoms with Crippen molar-refractivity contribution in [3.8, 4) is 11.8 Å². The Morgan fingerprint density at radius 1 is 1.47 bits per heavy atom. The average Bonchev–Trinajstić information content (AvgIpc) is 2.25. The second-order valence-corrected chi connectivity index (χ2v) is 3.32. The van der Waals surface area contributed by atoms with Crippen molar-refractivity contribution >= 4 is 17.4 Å². The summed E-state index contributed by atoms with van der Waals surface area (Å²) in [6.45, 7) is 0. The van der Waals surface area contributed by atoms with Crippen LogP contribution in [0.3, 0.4) is 0 Å². The molecule has 1 rings (SSSR count). The van der Waals surface area contributed by atoms with Crippen molar-refractivity contribution in [1.29, 1.82) is 5.26 Å². The summed E-state index contributed by atoms with van der Waals surface area (Å²) in [5.41, 5.74) is -2.88. The quantitative estimate of drug-likeness (QED) is 0.659. The van der Waals surface area contributed by atoms with Gasteiger partial charge < -0.3 is 5.11 Å². The van der Waals surface area contributed by atoms with E-state index in [1.165, 1.54) is 6.07 Å². The average molecular weight is 264 g/mol. The number of halogens is 4. The summed E-state index contributed by atoms with van der Waals surface area (Å²) in [5, 5.41) is 18.0. The zero-order chi connectivity index (χ0) is 13.2. The Morgan fingerprint density at radius 2 is 2.06 bits per heavy atom. The number of aromatic hydroxyl groups is 1. The molecule has 7 heteroatoms. The van der Waals surface area contributed by atoms with Gasteiger partial charge in [0.1, 0.15) is 11.8 Å². The lowest BCUT2D eigenvalue weighted by Crippen LogP contribution is -2.13. The summed E-state index contributed by atoms with van der Waals surface area (Å²) >= 11 is 5.20. The minimum atomic E-state index is -4.78. The van der Waals surface area contributed by atoms with Crippen molar-refractivity contribution in [2.45, 2.75) is 6.18 Å². The Bertz CT molecular complexity index is 505. The number of nitriles is 1. The highest BCUT2D eigenvalue weighted by molar-refractivity contribution is 6.31. The standard InChI is InChI=1S/C10H5ClF3NO2/c11-3-8(17)9-5(4-15)6(10(12,13)14)1-2-7(9)16/h1-2,16H,3H2. The van der Waals surface area contributed by atoms with E-state index in [2.05, 4.69) is 0 Å². The Balaban J connectivity index is 3.61. The lowest BCUT2D eigenvalue weighted by molar-refractivity contribution is -0.137. The topological polar surface area (TPSA) is 61.1 Å². The van der Waals surface area contributed by atoms with Gasteiger partial charge in [0.05, 0.1) is 22.6 Å². The predicted molar refractivity (Wildman–Crippen MR) is 52.9 cm³/mol. The number of Topliss-reactive ketones (excluding diaryl/α,β-unsaturated/α-hetero) is 1. The molecule has 0 saturated carbocycles. The molecule has 0 unspecified atom stereocenters. The smallest absolute Gasteiger partial charge is 0.417 e. The molecular weight excluding hydrogens is 259 g/mol. The molecule has 0 bridgehead atoms. The van der Waals surface area contributed by atoms with E-state index in [1.54, 1.807) is 0 Å². The zero-order valence-electron chi connectivity index (χ0n) is 8.18. The monoisotopic (exact) mass is 263 g/mol. The Morgan fingerprint density at radius 3 is 2.47 bits per heavy atom. The highest BCUT2D eigenvalue weighted by Crippen LogP contribution is 2.36. The van der Waals surface area contributed by atoms with E-state index in [0.29, 0.717) is 12.1 Å². The molecule has 3 nitrogen and oxygen atoms in total. The molecule has 0 heterocycles. The van der Waals surface area contributed by atoms with Crippen LogP contribution in [0.25, 0.3) is 0 Å². The van der Waals surface area contributed by atoms with Gasteiger partial charge in [0.25, 0.3) is 0 Å². The number of ketones is 1. The zero-order valence-corrected chi connectivity index (χ0v) is 8.93. The molecule has 1 aromatic carbocycles. The number of carbonyl (C=O) groups is 1. The highest BCUT2D eigenvalue weighted by atomic mass is 35.5. The maximum atomic E-state index is 12.5. The van der Waals surface area contributed by atoms with Gasteiger partial charge >= 0.3 is 6.18 Å². The molecule has 0 amide bonds. The van der Waals surface area contributed by atoms with E-state index in [4.69, 9.17) is 16.9 Å². The predicted octanol–water partition coefficient (Wildman–Crippen LogP) is 2.70. The van der Waals surface area contributed by atoms with E-state index >= 15 is 0 Å². The third-order valence-electron chi connectivity index (χ3n) is 2.00. The van der Waals surface area contributed by atoms with Gasteiger partial charge in [-0.15, -0.1) is 11.6 Å². The first-order valence-corrected chi connectivity index (χ1v) is 4.78. The van der Waals surface area contributed by atoms with E-state index in [1.807, 2.05) is 0 Å². The number of hydrogen-bond donors (Lipinski definition) is 1. The second-order valence-electron chi connectivity index (χ2n) is 3.05. The Labute approximate surface area is 99.0 Å². The van der Waals surface area contributed by atoms with Crippen LogP contribution in [0.1, 0.15) is 21.5 Å². The summed E-state index contributed by atoms with van der Waals surface area (Å²) in [4.78, 5) is 11.3. The largest absolute Gasteiger partial charge is 0.507 e. The number of rotatable bonds is 2. The van der Waals surface area contributed by atoms with Gasteiger partial charge in [0.2, 0.25) is 0 Å². The van der Waals surface area contributed by atoms with Crippen molar-refractivity contribution in [2.24, 2.45) is 0 Å². The molecule has 1 N–H and O–H groups in total. The van der Waals surface area contributed by atoms with Crippen LogP contribution in [0.4, 0.5) is 13.2 Å². The molecule has 0 radical (unpaired) electrons. The van der Waals surface area contributed by atoms with Gasteiger partial charge in [-0.05, 0) is 12.1 Å².